The minimum Gasteiger partial charge on any atom is -0.490 e. The largest absolute Gasteiger partial charge is 0.490 e. The van der Waals surface area contributed by atoms with Crippen LogP contribution in [-0.2, 0) is 11.4 Å². The predicted octanol–water partition coefficient (Wildman–Crippen LogP) is 8.23. The van der Waals surface area contributed by atoms with E-state index in [0.29, 0.717) is 57.6 Å². The number of hydrogen-bond acceptors (Lipinski definition) is 5. The molecule has 5 rings (SSSR count). The van der Waals surface area contributed by atoms with Crippen LogP contribution < -0.4 is 9.47 Å². The van der Waals surface area contributed by atoms with E-state index in [1.54, 1.807) is 29.2 Å². The van der Waals surface area contributed by atoms with Gasteiger partial charge in [0.15, 0.2) is 16.7 Å². The van der Waals surface area contributed by atoms with E-state index >= 15 is 0 Å². The Kier molecular flexibility index (Phi) is 8.19. The molecule has 0 bridgehead atoms. The molecular weight excluding hydrogens is 535 g/mol. The third-order valence-electron chi connectivity index (χ3n) is 6.08. The fraction of sp³-hybridized carbons (Fsp3) is 0.161. The SMILES string of the molecule is CCOc1cc(/C=C2/SC(=Nc3ccc(F)cc3)N(CC)C2=O)cc(Cl)c1OCc1ccc2ccccc2c1. The van der Waals surface area contributed by atoms with Crippen molar-refractivity contribution in [2.75, 3.05) is 13.2 Å². The summed E-state index contributed by atoms with van der Waals surface area (Å²) in [7, 11) is 0. The zero-order valence-corrected chi connectivity index (χ0v) is 23.1. The number of carbonyl (C=O) groups is 1. The Bertz CT molecular complexity index is 1590. The van der Waals surface area contributed by atoms with Crippen LogP contribution >= 0.6 is 23.4 Å². The van der Waals surface area contributed by atoms with Gasteiger partial charge in [0.25, 0.3) is 5.91 Å². The number of benzene rings is 4. The second-order valence-electron chi connectivity index (χ2n) is 8.76. The molecule has 0 N–H and O–H groups in total. The molecule has 0 aliphatic carbocycles. The van der Waals surface area contributed by atoms with Gasteiger partial charge >= 0.3 is 0 Å². The van der Waals surface area contributed by atoms with E-state index in [2.05, 4.69) is 29.3 Å². The maximum atomic E-state index is 13.3. The Balaban J connectivity index is 1.40. The van der Waals surface area contributed by atoms with Crippen molar-refractivity contribution in [1.29, 1.82) is 0 Å². The molecule has 4 aromatic carbocycles. The molecule has 0 aromatic heterocycles. The molecule has 4 aromatic rings. The smallest absolute Gasteiger partial charge is 0.266 e. The van der Waals surface area contributed by atoms with E-state index in [1.165, 1.54) is 29.3 Å². The summed E-state index contributed by atoms with van der Waals surface area (Å²) in [6.45, 7) is 4.98. The molecule has 1 saturated heterocycles. The highest BCUT2D eigenvalue weighted by Crippen LogP contribution is 2.40. The standard InChI is InChI=1S/C31H26ClFN2O3S/c1-3-35-30(36)28(39-31(35)34-25-13-11-24(33)12-14-25)18-21-16-26(32)29(27(17-21)37-4-2)38-19-20-9-10-22-7-5-6-8-23(22)15-20/h5-18H,3-4,19H2,1-2H3/b28-18+,34-31?. The molecule has 1 fully saturated rings. The molecular formula is C31H26ClFN2O3S. The molecule has 0 radical (unpaired) electrons. The van der Waals surface area contributed by atoms with Gasteiger partial charge in [-0.15, -0.1) is 0 Å². The summed E-state index contributed by atoms with van der Waals surface area (Å²) in [5.74, 6) is 0.455. The first-order valence-electron chi connectivity index (χ1n) is 12.6. The van der Waals surface area contributed by atoms with Gasteiger partial charge in [0.05, 0.1) is 22.2 Å². The van der Waals surface area contributed by atoms with Gasteiger partial charge in [-0.3, -0.25) is 9.69 Å². The van der Waals surface area contributed by atoms with Gasteiger partial charge in [0, 0.05) is 6.54 Å². The first-order valence-corrected chi connectivity index (χ1v) is 13.8. The molecule has 1 heterocycles. The van der Waals surface area contributed by atoms with E-state index in [1.807, 2.05) is 38.1 Å². The first-order chi connectivity index (χ1) is 18.9. The number of aliphatic imine (C=N–C) groups is 1. The number of hydrogen-bond donors (Lipinski definition) is 0. The predicted molar refractivity (Wildman–Crippen MR) is 157 cm³/mol. The number of likely N-dealkylation sites (N-methyl/N-ethyl adjacent to an activating group) is 1. The fourth-order valence-electron chi connectivity index (χ4n) is 4.21. The van der Waals surface area contributed by atoms with E-state index in [0.717, 1.165) is 10.9 Å². The van der Waals surface area contributed by atoms with Crippen molar-refractivity contribution in [3.63, 3.8) is 0 Å². The zero-order chi connectivity index (χ0) is 27.4. The maximum Gasteiger partial charge on any atom is 0.266 e. The van der Waals surface area contributed by atoms with Gasteiger partial charge in [-0.1, -0.05) is 48.0 Å². The van der Waals surface area contributed by atoms with Crippen molar-refractivity contribution in [2.45, 2.75) is 20.5 Å². The van der Waals surface area contributed by atoms with Crippen molar-refractivity contribution in [3.05, 3.63) is 106 Å². The van der Waals surface area contributed by atoms with Crippen molar-refractivity contribution in [3.8, 4) is 11.5 Å². The molecule has 8 heteroatoms. The topological polar surface area (TPSA) is 51.1 Å². The Labute approximate surface area is 235 Å². The lowest BCUT2D eigenvalue weighted by molar-refractivity contribution is -0.122. The second-order valence-corrected chi connectivity index (χ2v) is 10.2. The minimum absolute atomic E-state index is 0.158. The summed E-state index contributed by atoms with van der Waals surface area (Å²) in [6.07, 6.45) is 1.77. The average molecular weight is 561 g/mol. The fourth-order valence-corrected chi connectivity index (χ4v) is 5.54. The lowest BCUT2D eigenvalue weighted by Crippen LogP contribution is -2.28. The highest BCUT2D eigenvalue weighted by molar-refractivity contribution is 8.18. The summed E-state index contributed by atoms with van der Waals surface area (Å²) in [6, 6.07) is 23.8. The summed E-state index contributed by atoms with van der Waals surface area (Å²) in [5.41, 5.74) is 2.29. The number of thioether (sulfide) groups is 1. The monoisotopic (exact) mass is 560 g/mol. The number of rotatable bonds is 8. The van der Waals surface area contributed by atoms with Crippen LogP contribution in [0.15, 0.2) is 88.8 Å². The van der Waals surface area contributed by atoms with Crippen molar-refractivity contribution < 1.29 is 18.7 Å². The normalized spacial score (nSPS) is 15.5. The van der Waals surface area contributed by atoms with Gasteiger partial charge in [-0.25, -0.2) is 9.38 Å². The lowest BCUT2D eigenvalue weighted by atomic mass is 10.1. The van der Waals surface area contributed by atoms with Crippen LogP contribution in [0.3, 0.4) is 0 Å². The molecule has 198 valence electrons. The molecule has 1 aliphatic rings. The third-order valence-corrected chi connectivity index (χ3v) is 7.37. The van der Waals surface area contributed by atoms with Crippen LogP contribution in [0.2, 0.25) is 5.02 Å². The highest BCUT2D eigenvalue weighted by Gasteiger charge is 2.32. The van der Waals surface area contributed by atoms with Crippen LogP contribution in [0.5, 0.6) is 11.5 Å². The van der Waals surface area contributed by atoms with Crippen LogP contribution in [0.1, 0.15) is 25.0 Å². The summed E-state index contributed by atoms with van der Waals surface area (Å²) < 4.78 is 25.3. The molecule has 5 nitrogen and oxygen atoms in total. The number of ether oxygens (including phenoxy) is 2. The quantitative estimate of drug-likeness (QED) is 0.204. The molecule has 0 atom stereocenters. The van der Waals surface area contributed by atoms with Crippen LogP contribution in [0, 0.1) is 5.82 Å². The Morgan fingerprint density at radius 1 is 0.974 bits per heavy atom. The average Bonchev–Trinajstić information content (AvgIpc) is 3.22. The van der Waals surface area contributed by atoms with Gasteiger partial charge in [0.2, 0.25) is 0 Å². The summed E-state index contributed by atoms with van der Waals surface area (Å²) >= 11 is 7.93. The van der Waals surface area contributed by atoms with Crippen LogP contribution in [0.4, 0.5) is 10.1 Å². The van der Waals surface area contributed by atoms with Crippen molar-refractivity contribution in [1.82, 2.24) is 4.90 Å². The van der Waals surface area contributed by atoms with E-state index in [4.69, 9.17) is 21.1 Å². The number of nitrogens with zero attached hydrogens (tertiary/aromatic N) is 2. The number of carbonyl (C=O) groups excluding carboxylic acids is 1. The Morgan fingerprint density at radius 3 is 2.49 bits per heavy atom. The van der Waals surface area contributed by atoms with Gasteiger partial charge < -0.3 is 9.47 Å². The second kappa shape index (κ2) is 11.9. The summed E-state index contributed by atoms with van der Waals surface area (Å²) in [4.78, 5) is 19.8. The Hall–Kier alpha value is -3.81. The van der Waals surface area contributed by atoms with Crippen molar-refractivity contribution >= 4 is 57.0 Å². The van der Waals surface area contributed by atoms with Gasteiger partial charge in [-0.2, -0.15) is 0 Å². The van der Waals surface area contributed by atoms with Crippen LogP contribution in [-0.4, -0.2) is 29.1 Å². The van der Waals surface area contributed by atoms with Crippen LogP contribution in [0.25, 0.3) is 16.8 Å². The highest BCUT2D eigenvalue weighted by atomic mass is 35.5. The molecule has 0 spiro atoms. The maximum absolute atomic E-state index is 13.3. The van der Waals surface area contributed by atoms with Gasteiger partial charge in [0.1, 0.15) is 12.4 Å². The number of halogens is 2. The first kappa shape index (κ1) is 26.8. The number of fused-ring (bicyclic) bond motifs is 1. The van der Waals surface area contributed by atoms with E-state index in [-0.39, 0.29) is 11.7 Å². The van der Waals surface area contributed by atoms with Crippen molar-refractivity contribution in [2.24, 2.45) is 4.99 Å². The molecule has 0 saturated carbocycles. The zero-order valence-electron chi connectivity index (χ0n) is 21.5. The van der Waals surface area contributed by atoms with Gasteiger partial charge in [-0.05, 0) is 96.0 Å². The van der Waals surface area contributed by atoms with E-state index < -0.39 is 0 Å². The molecule has 39 heavy (non-hydrogen) atoms. The number of amidine groups is 1. The molecule has 1 aliphatic heterocycles. The molecule has 1 amide bonds. The minimum atomic E-state index is -0.339. The van der Waals surface area contributed by atoms with E-state index in [9.17, 15) is 9.18 Å². The third kappa shape index (κ3) is 6.10. The summed E-state index contributed by atoms with van der Waals surface area (Å²) in [5, 5.41) is 3.22. The molecule has 0 unspecified atom stereocenters. The number of amides is 1. The Morgan fingerprint density at radius 2 is 1.74 bits per heavy atom. The lowest BCUT2D eigenvalue weighted by Gasteiger charge is -2.15.